The van der Waals surface area contributed by atoms with Crippen molar-refractivity contribution in [2.75, 3.05) is 19.0 Å². The summed E-state index contributed by atoms with van der Waals surface area (Å²) in [6.45, 7) is 0. The Balaban J connectivity index is 1.65. The standard InChI is InChI=1S/C22H18ClN3O4/c1-24(2)25-11-15-19(27)14-10-12(23)8-9-16(14)30-20(15)17-18(25)22(29)26(21(17)28)13-6-4-3-5-7-13/h3-11,17-18,20H,1-2H3/t17-,18-,20+/m0/s1. The zero-order valence-corrected chi connectivity index (χ0v) is 17.0. The number of fused-ring (bicyclic) bond motifs is 4. The summed E-state index contributed by atoms with van der Waals surface area (Å²) in [5.41, 5.74) is 1.17. The fourth-order valence-electron chi connectivity index (χ4n) is 4.34. The third-order valence-corrected chi connectivity index (χ3v) is 5.92. The van der Waals surface area contributed by atoms with Gasteiger partial charge in [-0.1, -0.05) is 29.8 Å². The lowest BCUT2D eigenvalue weighted by Crippen LogP contribution is -2.56. The van der Waals surface area contributed by atoms with Crippen LogP contribution < -0.4 is 9.64 Å². The Bertz CT molecular complexity index is 1110. The van der Waals surface area contributed by atoms with Gasteiger partial charge in [-0.25, -0.2) is 9.91 Å². The van der Waals surface area contributed by atoms with E-state index in [9.17, 15) is 14.4 Å². The summed E-state index contributed by atoms with van der Waals surface area (Å²) in [6.07, 6.45) is 0.759. The van der Waals surface area contributed by atoms with Crippen LogP contribution in [0.25, 0.3) is 0 Å². The number of para-hydroxylation sites is 1. The lowest BCUT2D eigenvalue weighted by Gasteiger charge is -2.43. The zero-order valence-electron chi connectivity index (χ0n) is 16.3. The monoisotopic (exact) mass is 423 g/mol. The maximum absolute atomic E-state index is 13.5. The third-order valence-electron chi connectivity index (χ3n) is 5.69. The number of benzene rings is 2. The number of ether oxygens (including phenoxy) is 1. The number of hydrogen-bond acceptors (Lipinski definition) is 6. The highest BCUT2D eigenvalue weighted by Gasteiger charge is 2.60. The van der Waals surface area contributed by atoms with Crippen LogP contribution in [0.15, 0.2) is 60.3 Å². The van der Waals surface area contributed by atoms with Crippen LogP contribution in [-0.4, -0.2) is 53.9 Å². The van der Waals surface area contributed by atoms with Crippen molar-refractivity contribution >= 4 is 34.9 Å². The van der Waals surface area contributed by atoms with Crippen molar-refractivity contribution in [3.63, 3.8) is 0 Å². The first kappa shape index (κ1) is 18.8. The minimum atomic E-state index is -0.854. The molecule has 1 saturated heterocycles. The number of imide groups is 1. The zero-order chi connectivity index (χ0) is 21.2. The van der Waals surface area contributed by atoms with E-state index in [1.54, 1.807) is 72.8 Å². The van der Waals surface area contributed by atoms with Gasteiger partial charge in [0.05, 0.1) is 16.8 Å². The number of Topliss-reactive ketones (excluding diaryl/α,β-unsaturated/α-hetero) is 1. The van der Waals surface area contributed by atoms with Crippen molar-refractivity contribution in [2.24, 2.45) is 5.92 Å². The summed E-state index contributed by atoms with van der Waals surface area (Å²) in [5, 5.41) is 3.75. The van der Waals surface area contributed by atoms with Crippen LogP contribution in [0.5, 0.6) is 5.75 Å². The lowest BCUT2D eigenvalue weighted by molar-refractivity contribution is -0.130. The predicted octanol–water partition coefficient (Wildman–Crippen LogP) is 2.52. The van der Waals surface area contributed by atoms with E-state index in [2.05, 4.69) is 0 Å². The highest BCUT2D eigenvalue weighted by atomic mass is 35.5. The molecule has 5 rings (SSSR count). The number of nitrogens with zero attached hydrogens (tertiary/aromatic N) is 3. The smallest absolute Gasteiger partial charge is 0.259 e. The molecule has 3 atom stereocenters. The molecule has 3 heterocycles. The highest BCUT2D eigenvalue weighted by Crippen LogP contribution is 2.43. The molecule has 2 aromatic rings. The Labute approximate surface area is 178 Å². The quantitative estimate of drug-likeness (QED) is 0.691. The molecular weight excluding hydrogens is 406 g/mol. The first-order valence-electron chi connectivity index (χ1n) is 9.49. The summed E-state index contributed by atoms with van der Waals surface area (Å²) in [4.78, 5) is 41.3. The van der Waals surface area contributed by atoms with Gasteiger partial charge in [-0.05, 0) is 30.3 Å². The SMILES string of the molecule is CN(C)N1C=C2C(=O)c3cc(Cl)ccc3O[C@H]2[C@H]2C(=O)N(c3ccccc3)C(=O)[C@H]21. The molecule has 0 radical (unpaired) electrons. The Morgan fingerprint density at radius 1 is 1.00 bits per heavy atom. The van der Waals surface area contributed by atoms with Crippen LogP contribution in [0.3, 0.4) is 0 Å². The number of ketones is 1. The molecule has 1 fully saturated rings. The molecule has 152 valence electrons. The normalized spacial score (nSPS) is 25.0. The van der Waals surface area contributed by atoms with E-state index < -0.39 is 18.1 Å². The molecule has 0 aliphatic carbocycles. The Morgan fingerprint density at radius 2 is 1.73 bits per heavy atom. The molecule has 3 aliphatic rings. The number of amides is 2. The van der Waals surface area contributed by atoms with Gasteiger partial charge in [-0.15, -0.1) is 0 Å². The second kappa shape index (κ2) is 6.68. The van der Waals surface area contributed by atoms with Gasteiger partial charge in [0.1, 0.15) is 23.8 Å². The maximum atomic E-state index is 13.5. The largest absolute Gasteiger partial charge is 0.484 e. The van der Waals surface area contributed by atoms with Crippen molar-refractivity contribution < 1.29 is 19.1 Å². The molecule has 8 heteroatoms. The summed E-state index contributed by atoms with van der Waals surface area (Å²) < 4.78 is 6.11. The number of halogens is 1. The second-order valence-electron chi connectivity index (χ2n) is 7.64. The van der Waals surface area contributed by atoms with Gasteiger partial charge in [-0.3, -0.25) is 19.4 Å². The average molecular weight is 424 g/mol. The van der Waals surface area contributed by atoms with Crippen molar-refractivity contribution in [2.45, 2.75) is 12.1 Å². The summed E-state index contributed by atoms with van der Waals surface area (Å²) in [6, 6.07) is 12.8. The third kappa shape index (κ3) is 2.59. The second-order valence-corrected chi connectivity index (χ2v) is 8.07. The van der Waals surface area contributed by atoms with Gasteiger partial charge in [-0.2, -0.15) is 0 Å². The van der Waals surface area contributed by atoms with Crippen LogP contribution in [0.1, 0.15) is 10.4 Å². The van der Waals surface area contributed by atoms with E-state index >= 15 is 0 Å². The lowest BCUT2D eigenvalue weighted by atomic mass is 9.82. The van der Waals surface area contributed by atoms with Gasteiger partial charge in [0.25, 0.3) is 5.91 Å². The van der Waals surface area contributed by atoms with Gasteiger partial charge in [0.15, 0.2) is 5.78 Å². The van der Waals surface area contributed by atoms with Gasteiger partial charge in [0, 0.05) is 25.3 Å². The van der Waals surface area contributed by atoms with Gasteiger partial charge < -0.3 is 4.74 Å². The van der Waals surface area contributed by atoms with E-state index in [-0.39, 0.29) is 17.6 Å². The summed E-state index contributed by atoms with van der Waals surface area (Å²) >= 11 is 6.06. The molecule has 0 unspecified atom stereocenters. The molecule has 0 bridgehead atoms. The van der Waals surface area contributed by atoms with E-state index in [1.165, 1.54) is 4.90 Å². The highest BCUT2D eigenvalue weighted by molar-refractivity contribution is 6.31. The maximum Gasteiger partial charge on any atom is 0.259 e. The summed E-state index contributed by atoms with van der Waals surface area (Å²) in [7, 11) is 3.52. The first-order valence-corrected chi connectivity index (χ1v) is 9.87. The van der Waals surface area contributed by atoms with Crippen LogP contribution in [0.4, 0.5) is 5.69 Å². The number of anilines is 1. The van der Waals surface area contributed by atoms with E-state index in [1.807, 2.05) is 6.07 Å². The van der Waals surface area contributed by atoms with Crippen LogP contribution in [0, 0.1) is 5.92 Å². The molecule has 7 nitrogen and oxygen atoms in total. The predicted molar refractivity (Wildman–Crippen MR) is 110 cm³/mol. The average Bonchev–Trinajstić information content (AvgIpc) is 3.00. The van der Waals surface area contributed by atoms with Crippen LogP contribution >= 0.6 is 11.6 Å². The minimum Gasteiger partial charge on any atom is -0.484 e. The first-order chi connectivity index (χ1) is 14.4. The van der Waals surface area contributed by atoms with Crippen LogP contribution in [-0.2, 0) is 9.59 Å². The number of hydrazine groups is 1. The number of carbonyl (C=O) groups is 3. The summed E-state index contributed by atoms with van der Waals surface area (Å²) in [5.74, 6) is -1.48. The van der Waals surface area contributed by atoms with E-state index in [0.29, 0.717) is 27.6 Å². The molecule has 0 saturated carbocycles. The van der Waals surface area contributed by atoms with Crippen molar-refractivity contribution in [3.05, 3.63) is 70.9 Å². The fraction of sp³-hybridized carbons (Fsp3) is 0.227. The molecule has 3 aliphatic heterocycles. The molecule has 2 amide bonds. The number of carbonyl (C=O) groups excluding carboxylic acids is 3. The van der Waals surface area contributed by atoms with E-state index in [0.717, 1.165) is 0 Å². The van der Waals surface area contributed by atoms with Crippen molar-refractivity contribution in [3.8, 4) is 5.75 Å². The Kier molecular flexibility index (Phi) is 4.20. The number of rotatable bonds is 2. The topological polar surface area (TPSA) is 70.2 Å². The molecule has 30 heavy (non-hydrogen) atoms. The Morgan fingerprint density at radius 3 is 2.43 bits per heavy atom. The molecular formula is C22H18ClN3O4. The molecule has 0 aromatic heterocycles. The number of hydrogen-bond donors (Lipinski definition) is 0. The molecule has 2 aromatic carbocycles. The Hall–Kier alpha value is -3.16. The van der Waals surface area contributed by atoms with Gasteiger partial charge >= 0.3 is 0 Å². The molecule has 0 spiro atoms. The fourth-order valence-corrected chi connectivity index (χ4v) is 4.51. The van der Waals surface area contributed by atoms with Crippen LogP contribution in [0.2, 0.25) is 5.02 Å². The van der Waals surface area contributed by atoms with E-state index in [4.69, 9.17) is 16.3 Å². The van der Waals surface area contributed by atoms with Crippen molar-refractivity contribution in [1.82, 2.24) is 10.0 Å². The van der Waals surface area contributed by atoms with Crippen molar-refractivity contribution in [1.29, 1.82) is 0 Å². The minimum absolute atomic E-state index is 0.257. The molecule has 0 N–H and O–H groups in total. The van der Waals surface area contributed by atoms with Gasteiger partial charge in [0.2, 0.25) is 5.91 Å².